The van der Waals surface area contributed by atoms with E-state index < -0.39 is 41.5 Å². The number of ether oxygens (including phenoxy) is 1. The molecular weight excluding hydrogens is 498 g/mol. The molecule has 38 heavy (non-hydrogen) atoms. The van der Waals surface area contributed by atoms with Crippen LogP contribution in [-0.2, 0) is 16.2 Å². The molecule has 5 rings (SSSR count). The molecule has 0 spiro atoms. The number of likely N-dealkylation sites (tertiary alicyclic amines) is 1. The fourth-order valence-corrected chi connectivity index (χ4v) is 4.75. The van der Waals surface area contributed by atoms with Gasteiger partial charge in [-0.1, -0.05) is 24.3 Å². The lowest BCUT2D eigenvalue weighted by molar-refractivity contribution is -0.142. The number of hydrogen-bond acceptors (Lipinski definition) is 5. The van der Waals surface area contributed by atoms with Gasteiger partial charge in [-0.25, -0.2) is 13.6 Å². The number of primary amides is 1. The van der Waals surface area contributed by atoms with E-state index in [9.17, 15) is 28.3 Å². The van der Waals surface area contributed by atoms with Gasteiger partial charge in [0.25, 0.3) is 5.91 Å². The first-order chi connectivity index (χ1) is 18.2. The zero-order valence-electron chi connectivity index (χ0n) is 19.9. The van der Waals surface area contributed by atoms with Crippen molar-refractivity contribution in [2.75, 3.05) is 0 Å². The summed E-state index contributed by atoms with van der Waals surface area (Å²) >= 11 is 0. The average Bonchev–Trinajstić information content (AvgIpc) is 3.58. The number of carboxylic acid groups (broad SMARTS) is 1. The average molecular weight is 520 g/mol. The topological polar surface area (TPSA) is 123 Å². The van der Waals surface area contributed by atoms with Gasteiger partial charge in [0.1, 0.15) is 30.0 Å². The Morgan fingerprint density at radius 1 is 1.03 bits per heavy atom. The highest BCUT2D eigenvalue weighted by Crippen LogP contribution is 2.34. The number of carbonyl (C=O) groups is 3. The number of rotatable bonds is 7. The SMILES string of the molecule is NC(=O)[C@@H]1CC[C@@H](C(=O)O)N1C(=O)c1cccc(COc2ccc(-c3cc(F)c(F)c4ccoc34)cc2)c1. The molecule has 0 aliphatic carbocycles. The van der Waals surface area contributed by atoms with Gasteiger partial charge in [0, 0.05) is 11.1 Å². The molecular formula is C28H22F2N2O6. The van der Waals surface area contributed by atoms with E-state index in [0.29, 0.717) is 22.4 Å². The van der Waals surface area contributed by atoms with Crippen LogP contribution in [0.2, 0.25) is 0 Å². The Balaban J connectivity index is 1.31. The summed E-state index contributed by atoms with van der Waals surface area (Å²) in [6, 6.07) is 13.5. The Kier molecular flexibility index (Phi) is 6.54. The van der Waals surface area contributed by atoms with Crippen LogP contribution < -0.4 is 10.5 Å². The van der Waals surface area contributed by atoms with Crippen molar-refractivity contribution in [1.29, 1.82) is 0 Å². The summed E-state index contributed by atoms with van der Waals surface area (Å²) in [6.07, 6.45) is 1.63. The van der Waals surface area contributed by atoms with E-state index in [2.05, 4.69) is 0 Å². The van der Waals surface area contributed by atoms with Crippen molar-refractivity contribution >= 4 is 28.8 Å². The van der Waals surface area contributed by atoms with E-state index in [4.69, 9.17) is 14.9 Å². The van der Waals surface area contributed by atoms with Gasteiger partial charge in [0.2, 0.25) is 5.91 Å². The third kappa shape index (κ3) is 4.56. The summed E-state index contributed by atoms with van der Waals surface area (Å²) < 4.78 is 39.2. The quantitative estimate of drug-likeness (QED) is 0.370. The Morgan fingerprint density at radius 3 is 2.47 bits per heavy atom. The molecule has 194 valence electrons. The van der Waals surface area contributed by atoms with Crippen molar-refractivity contribution in [3.63, 3.8) is 0 Å². The molecule has 0 radical (unpaired) electrons. The van der Waals surface area contributed by atoms with Crippen LogP contribution in [0.25, 0.3) is 22.1 Å². The predicted octanol–water partition coefficient (Wildman–Crippen LogP) is 4.50. The maximum absolute atomic E-state index is 14.0. The smallest absolute Gasteiger partial charge is 0.326 e. The Hall–Kier alpha value is -4.73. The molecule has 2 heterocycles. The summed E-state index contributed by atoms with van der Waals surface area (Å²) in [7, 11) is 0. The van der Waals surface area contributed by atoms with Crippen molar-refractivity contribution < 1.29 is 37.4 Å². The molecule has 1 fully saturated rings. The second-order valence-electron chi connectivity index (χ2n) is 8.96. The summed E-state index contributed by atoms with van der Waals surface area (Å²) in [5.74, 6) is -3.99. The van der Waals surface area contributed by atoms with Gasteiger partial charge in [-0.3, -0.25) is 9.59 Å². The van der Waals surface area contributed by atoms with Gasteiger partial charge in [0.15, 0.2) is 11.6 Å². The van der Waals surface area contributed by atoms with E-state index >= 15 is 0 Å². The molecule has 2 atom stereocenters. The molecule has 2 amide bonds. The second-order valence-corrected chi connectivity index (χ2v) is 8.96. The molecule has 0 saturated carbocycles. The monoisotopic (exact) mass is 520 g/mol. The lowest BCUT2D eigenvalue weighted by atomic mass is 10.0. The third-order valence-electron chi connectivity index (χ3n) is 6.60. The minimum Gasteiger partial charge on any atom is -0.489 e. The maximum atomic E-state index is 14.0. The van der Waals surface area contributed by atoms with E-state index in [1.807, 2.05) is 0 Å². The molecule has 0 unspecified atom stereocenters. The number of aliphatic carboxylic acids is 1. The summed E-state index contributed by atoms with van der Waals surface area (Å²) in [6.45, 7) is 0.0929. The first-order valence-electron chi connectivity index (χ1n) is 11.8. The van der Waals surface area contributed by atoms with E-state index in [1.54, 1.807) is 42.5 Å². The summed E-state index contributed by atoms with van der Waals surface area (Å²) in [4.78, 5) is 37.6. The van der Waals surface area contributed by atoms with Gasteiger partial charge in [-0.05, 0) is 60.4 Å². The first kappa shape index (κ1) is 24.9. The number of nitrogens with two attached hydrogens (primary N) is 1. The highest BCUT2D eigenvalue weighted by Gasteiger charge is 2.43. The van der Waals surface area contributed by atoms with Gasteiger partial charge in [-0.2, -0.15) is 0 Å². The van der Waals surface area contributed by atoms with Crippen LogP contribution in [-0.4, -0.2) is 39.9 Å². The molecule has 1 aliphatic heterocycles. The number of halogens is 2. The van der Waals surface area contributed by atoms with E-state index in [0.717, 1.165) is 11.0 Å². The van der Waals surface area contributed by atoms with Crippen LogP contribution >= 0.6 is 0 Å². The Bertz CT molecular complexity index is 1530. The van der Waals surface area contributed by atoms with Crippen molar-refractivity contribution in [3.05, 3.63) is 89.7 Å². The molecule has 0 bridgehead atoms. The number of fused-ring (bicyclic) bond motifs is 1. The fraction of sp³-hybridized carbons (Fsp3) is 0.179. The highest BCUT2D eigenvalue weighted by molar-refractivity contribution is 6.00. The molecule has 3 N–H and O–H groups in total. The number of carbonyl (C=O) groups excluding carboxylic acids is 2. The molecule has 8 nitrogen and oxygen atoms in total. The van der Waals surface area contributed by atoms with Crippen molar-refractivity contribution in [2.45, 2.75) is 31.5 Å². The van der Waals surface area contributed by atoms with Crippen LogP contribution in [0, 0.1) is 11.6 Å². The van der Waals surface area contributed by atoms with Crippen LogP contribution in [0.5, 0.6) is 5.75 Å². The molecule has 1 aliphatic rings. The van der Waals surface area contributed by atoms with Crippen LogP contribution in [0.1, 0.15) is 28.8 Å². The largest absolute Gasteiger partial charge is 0.489 e. The number of furan rings is 1. The molecule has 4 aromatic rings. The Labute approximate surface area is 215 Å². The minimum atomic E-state index is -1.19. The summed E-state index contributed by atoms with van der Waals surface area (Å²) in [5, 5.41) is 9.55. The molecule has 3 aromatic carbocycles. The normalized spacial score (nSPS) is 17.1. The van der Waals surface area contributed by atoms with Crippen molar-refractivity contribution in [2.24, 2.45) is 5.73 Å². The minimum absolute atomic E-state index is 0.0560. The molecule has 1 saturated heterocycles. The van der Waals surface area contributed by atoms with Gasteiger partial charge >= 0.3 is 5.97 Å². The number of nitrogens with zero attached hydrogens (tertiary/aromatic N) is 1. The summed E-state index contributed by atoms with van der Waals surface area (Å²) in [5.41, 5.74) is 7.49. The zero-order valence-corrected chi connectivity index (χ0v) is 19.9. The van der Waals surface area contributed by atoms with E-state index in [-0.39, 0.29) is 36.0 Å². The number of amides is 2. The predicted molar refractivity (Wildman–Crippen MR) is 132 cm³/mol. The van der Waals surface area contributed by atoms with Crippen LogP contribution in [0.4, 0.5) is 8.78 Å². The fourth-order valence-electron chi connectivity index (χ4n) is 4.75. The molecule has 10 heteroatoms. The standard InChI is InChI=1S/C28H22F2N2O6/c29-21-13-20(25-19(24(21)30)10-11-37-25)16-4-6-18(7-5-16)38-14-15-2-1-3-17(12-15)27(34)32-22(26(31)33)8-9-23(32)28(35)36/h1-7,10-13,22-23H,8-9,14H2,(H2,31,33)(H,35,36)/t22-,23-/m0/s1. The zero-order chi connectivity index (χ0) is 27.0. The lowest BCUT2D eigenvalue weighted by Gasteiger charge is -2.26. The first-order valence-corrected chi connectivity index (χ1v) is 11.8. The number of benzene rings is 3. The second kappa shape index (κ2) is 9.97. The number of hydrogen-bond donors (Lipinski definition) is 2. The third-order valence-corrected chi connectivity index (χ3v) is 6.60. The van der Waals surface area contributed by atoms with Crippen LogP contribution in [0.3, 0.4) is 0 Å². The van der Waals surface area contributed by atoms with Crippen molar-refractivity contribution in [3.8, 4) is 16.9 Å². The van der Waals surface area contributed by atoms with Gasteiger partial charge in [0.05, 0.1) is 11.6 Å². The van der Waals surface area contributed by atoms with Gasteiger partial charge < -0.3 is 24.9 Å². The Morgan fingerprint density at radius 2 is 1.76 bits per heavy atom. The molecule has 1 aromatic heterocycles. The van der Waals surface area contributed by atoms with E-state index in [1.165, 1.54) is 18.4 Å². The van der Waals surface area contributed by atoms with Crippen LogP contribution in [0.15, 0.2) is 71.3 Å². The number of carboxylic acids is 1. The van der Waals surface area contributed by atoms with Crippen molar-refractivity contribution in [1.82, 2.24) is 4.90 Å². The lowest BCUT2D eigenvalue weighted by Crippen LogP contribution is -2.49. The highest BCUT2D eigenvalue weighted by atomic mass is 19.2. The maximum Gasteiger partial charge on any atom is 0.326 e. The van der Waals surface area contributed by atoms with Gasteiger partial charge in [-0.15, -0.1) is 0 Å².